The van der Waals surface area contributed by atoms with Gasteiger partial charge in [0.2, 0.25) is 0 Å². The van der Waals surface area contributed by atoms with Crippen molar-refractivity contribution in [2.24, 2.45) is 0 Å². The highest BCUT2D eigenvalue weighted by molar-refractivity contribution is 6.31. The second-order valence-corrected chi connectivity index (χ2v) is 9.47. The third-order valence-electron chi connectivity index (χ3n) is 6.73. The Morgan fingerprint density at radius 2 is 1.83 bits per heavy atom. The fourth-order valence-corrected chi connectivity index (χ4v) is 5.07. The van der Waals surface area contributed by atoms with E-state index in [-0.39, 0.29) is 18.3 Å². The van der Waals surface area contributed by atoms with Crippen LogP contribution in [0.5, 0.6) is 6.01 Å². The second kappa shape index (κ2) is 10.0. The number of carbonyl (C=O) groups excluding carboxylic acids is 1. The van der Waals surface area contributed by atoms with Crippen LogP contribution in [-0.4, -0.2) is 45.0 Å². The summed E-state index contributed by atoms with van der Waals surface area (Å²) in [6, 6.07) is 11.8. The first-order valence-corrected chi connectivity index (χ1v) is 12.2. The number of carbonyl (C=O) groups is 2. The minimum Gasteiger partial charge on any atom is -0.481 e. The van der Waals surface area contributed by atoms with Crippen LogP contribution in [-0.2, 0) is 24.2 Å². The number of rotatable bonds is 2. The fraction of sp³-hybridized carbons (Fsp3) is 0.333. The summed E-state index contributed by atoms with van der Waals surface area (Å²) in [5.41, 5.74) is 5.36. The highest BCUT2D eigenvalue weighted by atomic mass is 35.5. The van der Waals surface area contributed by atoms with E-state index in [0.717, 1.165) is 42.4 Å². The predicted molar refractivity (Wildman–Crippen MR) is 131 cm³/mol. The van der Waals surface area contributed by atoms with Gasteiger partial charge in [0, 0.05) is 42.0 Å². The lowest BCUT2D eigenvalue weighted by Crippen LogP contribution is -2.36. The van der Waals surface area contributed by atoms with Gasteiger partial charge in [0.1, 0.15) is 0 Å². The lowest BCUT2D eigenvalue weighted by Gasteiger charge is -2.30. The monoisotopic (exact) mass is 491 g/mol. The zero-order valence-electron chi connectivity index (χ0n) is 19.2. The third kappa shape index (κ3) is 5.15. The lowest BCUT2D eigenvalue weighted by atomic mass is 9.87. The molecule has 1 amide bonds. The van der Waals surface area contributed by atoms with E-state index in [9.17, 15) is 14.7 Å². The van der Waals surface area contributed by atoms with Crippen molar-refractivity contribution in [1.82, 2.24) is 14.9 Å². The largest absolute Gasteiger partial charge is 0.481 e. The van der Waals surface area contributed by atoms with Crippen LogP contribution in [0.15, 0.2) is 48.8 Å². The topological polar surface area (TPSA) is 92.6 Å². The highest BCUT2D eigenvalue weighted by Crippen LogP contribution is 2.32. The molecule has 0 aliphatic carbocycles. The molecule has 2 aromatic carbocycles. The van der Waals surface area contributed by atoms with Crippen LogP contribution in [0.2, 0.25) is 5.02 Å². The summed E-state index contributed by atoms with van der Waals surface area (Å²) >= 11 is 6.52. The van der Waals surface area contributed by atoms with E-state index >= 15 is 0 Å². The van der Waals surface area contributed by atoms with Crippen LogP contribution >= 0.6 is 11.6 Å². The van der Waals surface area contributed by atoms with Gasteiger partial charge in [0.05, 0.1) is 13.0 Å². The first-order valence-electron chi connectivity index (χ1n) is 11.8. The molecule has 0 spiro atoms. The van der Waals surface area contributed by atoms with Gasteiger partial charge in [-0.3, -0.25) is 9.59 Å². The van der Waals surface area contributed by atoms with Gasteiger partial charge in [-0.2, -0.15) is 0 Å². The molecule has 1 aromatic heterocycles. The molecule has 0 fully saturated rings. The number of hydrogen-bond donors (Lipinski definition) is 1. The van der Waals surface area contributed by atoms with Crippen molar-refractivity contribution in [3.05, 3.63) is 87.2 Å². The van der Waals surface area contributed by atoms with Crippen LogP contribution in [0, 0.1) is 0 Å². The Morgan fingerprint density at radius 3 is 2.60 bits per heavy atom. The zero-order valence-corrected chi connectivity index (χ0v) is 20.0. The first kappa shape index (κ1) is 23.3. The molecule has 1 unspecified atom stereocenters. The van der Waals surface area contributed by atoms with Gasteiger partial charge in [-0.05, 0) is 65.6 Å². The molecule has 180 valence electrons. The average Bonchev–Trinajstić information content (AvgIpc) is 2.86. The summed E-state index contributed by atoms with van der Waals surface area (Å²) in [7, 11) is 0. The Hall–Kier alpha value is -3.45. The smallest absolute Gasteiger partial charge is 0.316 e. The van der Waals surface area contributed by atoms with Gasteiger partial charge in [-0.25, -0.2) is 9.97 Å². The molecule has 1 N–H and O–H groups in total. The molecular weight excluding hydrogens is 466 g/mol. The first-order chi connectivity index (χ1) is 17.0. The highest BCUT2D eigenvalue weighted by Gasteiger charge is 2.25. The number of aliphatic carboxylic acids is 1. The van der Waals surface area contributed by atoms with E-state index in [1.54, 1.807) is 18.5 Å². The number of nitrogens with zero attached hydrogens (tertiary/aromatic N) is 3. The summed E-state index contributed by atoms with van der Waals surface area (Å²) < 4.78 is 5.69. The zero-order chi connectivity index (χ0) is 24.4. The van der Waals surface area contributed by atoms with E-state index in [1.165, 1.54) is 5.56 Å². The maximum absolute atomic E-state index is 13.3. The normalized spacial score (nSPS) is 17.9. The van der Waals surface area contributed by atoms with Crippen LogP contribution < -0.4 is 4.74 Å². The van der Waals surface area contributed by atoms with Gasteiger partial charge >= 0.3 is 12.0 Å². The Kier molecular flexibility index (Phi) is 6.68. The summed E-state index contributed by atoms with van der Waals surface area (Å²) in [5.74, 6) is -1.36. The van der Waals surface area contributed by atoms with Crippen LogP contribution in [0.3, 0.4) is 0 Å². The molecule has 0 saturated heterocycles. The molecule has 3 aromatic rings. The maximum Gasteiger partial charge on any atom is 0.316 e. The standard InChI is InChI=1S/C27H26ClN3O4/c28-24-12-20-7-5-18(24)3-1-2-10-35-27-29-14-22(15-30-27)23(13-25(32)33)19-6-4-17-8-9-31(26(20)34)16-21(17)11-19/h4-7,11-12,14-15,23H,1-3,8-10,13,16H2,(H,32,33). The third-order valence-corrected chi connectivity index (χ3v) is 7.08. The number of carboxylic acid groups (broad SMARTS) is 1. The summed E-state index contributed by atoms with van der Waals surface area (Å²) in [6.07, 6.45) is 6.39. The van der Waals surface area contributed by atoms with E-state index in [2.05, 4.69) is 9.97 Å². The number of aromatic nitrogens is 2. The molecule has 8 heteroatoms. The van der Waals surface area contributed by atoms with Crippen molar-refractivity contribution in [2.45, 2.75) is 44.6 Å². The number of benzene rings is 2. The molecule has 7 nitrogen and oxygen atoms in total. The van der Waals surface area contributed by atoms with Crippen LogP contribution in [0.25, 0.3) is 0 Å². The Labute approximate surface area is 208 Å². The number of hydrogen-bond acceptors (Lipinski definition) is 5. The Morgan fingerprint density at radius 1 is 1.03 bits per heavy atom. The molecule has 5 aliphatic heterocycles. The quantitative estimate of drug-likeness (QED) is 0.561. The summed E-state index contributed by atoms with van der Waals surface area (Å²) in [4.78, 5) is 35.4. The maximum atomic E-state index is 13.3. The summed E-state index contributed by atoms with van der Waals surface area (Å²) in [5, 5.41) is 10.2. The molecule has 5 aliphatic rings. The van der Waals surface area contributed by atoms with Gasteiger partial charge in [0.15, 0.2) is 0 Å². The van der Waals surface area contributed by atoms with Crippen LogP contribution in [0.4, 0.5) is 0 Å². The molecule has 0 radical (unpaired) electrons. The molecule has 6 heterocycles. The lowest BCUT2D eigenvalue weighted by molar-refractivity contribution is -0.137. The van der Waals surface area contributed by atoms with E-state index < -0.39 is 11.9 Å². The van der Waals surface area contributed by atoms with E-state index in [1.807, 2.05) is 35.2 Å². The van der Waals surface area contributed by atoms with E-state index in [4.69, 9.17) is 16.3 Å². The van der Waals surface area contributed by atoms with Gasteiger partial charge in [-0.1, -0.05) is 35.9 Å². The Balaban J connectivity index is 1.53. The second-order valence-electron chi connectivity index (χ2n) is 9.07. The number of amides is 1. The predicted octanol–water partition coefficient (Wildman–Crippen LogP) is 4.65. The minimum atomic E-state index is -0.903. The molecule has 35 heavy (non-hydrogen) atoms. The van der Waals surface area contributed by atoms with E-state index in [0.29, 0.717) is 35.8 Å². The SMILES string of the molecule is O=C(O)CC1c2cnc(nc2)OCCCCc2ccc(cc2Cl)C(=O)N2CCc3ccc1cc3C2. The Bertz CT molecular complexity index is 1260. The molecule has 7 bridgehead atoms. The minimum absolute atomic E-state index is 0.0524. The van der Waals surface area contributed by atoms with Crippen molar-refractivity contribution < 1.29 is 19.4 Å². The van der Waals surface area contributed by atoms with Crippen LogP contribution in [0.1, 0.15) is 63.4 Å². The van der Waals surface area contributed by atoms with Crippen molar-refractivity contribution >= 4 is 23.5 Å². The number of carboxylic acids is 1. The summed E-state index contributed by atoms with van der Waals surface area (Å²) in [6.45, 7) is 1.55. The average molecular weight is 492 g/mol. The van der Waals surface area contributed by atoms with Crippen molar-refractivity contribution in [3.8, 4) is 6.01 Å². The molecular formula is C27H26ClN3O4. The van der Waals surface area contributed by atoms with Crippen molar-refractivity contribution in [1.29, 1.82) is 0 Å². The van der Waals surface area contributed by atoms with Gasteiger partial charge in [-0.15, -0.1) is 0 Å². The van der Waals surface area contributed by atoms with Gasteiger partial charge < -0.3 is 14.7 Å². The molecule has 0 saturated carbocycles. The molecule has 1 atom stereocenters. The van der Waals surface area contributed by atoms with Crippen molar-refractivity contribution in [3.63, 3.8) is 0 Å². The number of aryl methyl sites for hydroxylation is 1. The van der Waals surface area contributed by atoms with Crippen molar-refractivity contribution in [2.75, 3.05) is 13.2 Å². The number of ether oxygens (including phenoxy) is 1. The molecule has 8 rings (SSSR count). The number of halogens is 1. The fourth-order valence-electron chi connectivity index (χ4n) is 4.80. The van der Waals surface area contributed by atoms with Gasteiger partial charge in [0.25, 0.3) is 5.91 Å².